The first-order chi connectivity index (χ1) is 17.5. The minimum Gasteiger partial charge on any atom is -0.338 e. The number of nitrogens with one attached hydrogen (secondary N) is 1. The monoisotopic (exact) mass is 518 g/mol. The van der Waals surface area contributed by atoms with Gasteiger partial charge in [-0.3, -0.25) is 9.78 Å². The van der Waals surface area contributed by atoms with Gasteiger partial charge in [-0.1, -0.05) is 18.2 Å². The lowest BCUT2D eigenvalue weighted by atomic mass is 9.93. The first-order valence-corrected chi connectivity index (χ1v) is 11.5. The molecule has 5 rings (SSSR count). The molecule has 1 saturated heterocycles. The zero-order valence-electron chi connectivity index (χ0n) is 19.2. The average molecular weight is 518 g/mol. The highest BCUT2D eigenvalue weighted by Gasteiger charge is 2.35. The molecule has 0 spiro atoms. The van der Waals surface area contributed by atoms with Gasteiger partial charge in [0, 0.05) is 35.8 Å². The highest BCUT2D eigenvalue weighted by atomic mass is 19.4. The number of benzene rings is 2. The quantitative estimate of drug-likeness (QED) is 0.308. The number of alkyl halides is 6. The van der Waals surface area contributed by atoms with Crippen molar-refractivity contribution in [3.8, 4) is 11.3 Å². The summed E-state index contributed by atoms with van der Waals surface area (Å²) in [4.78, 5) is 25.1. The number of hydrogen-bond acceptors (Lipinski definition) is 3. The second-order valence-corrected chi connectivity index (χ2v) is 8.93. The van der Waals surface area contributed by atoms with Gasteiger partial charge in [0.05, 0.1) is 22.3 Å². The van der Waals surface area contributed by atoms with E-state index in [9.17, 15) is 31.1 Å². The second-order valence-electron chi connectivity index (χ2n) is 8.93. The number of hydrogen-bond donors (Lipinski definition) is 1. The maximum Gasteiger partial charge on any atom is 0.449 e. The smallest absolute Gasteiger partial charge is 0.338 e. The molecule has 0 saturated carbocycles. The molecule has 1 aliphatic heterocycles. The van der Waals surface area contributed by atoms with Gasteiger partial charge in [-0.25, -0.2) is 4.98 Å². The van der Waals surface area contributed by atoms with Crippen LogP contribution in [0.15, 0.2) is 60.7 Å². The van der Waals surface area contributed by atoms with Gasteiger partial charge < -0.3 is 9.88 Å². The summed E-state index contributed by atoms with van der Waals surface area (Å²) in [5, 5.41) is 0. The topological polar surface area (TPSA) is 61.9 Å². The van der Waals surface area contributed by atoms with E-state index in [0.29, 0.717) is 36.5 Å². The number of carbonyl (C=O) groups is 1. The molecule has 37 heavy (non-hydrogen) atoms. The molecule has 5 nitrogen and oxygen atoms in total. The van der Waals surface area contributed by atoms with E-state index in [4.69, 9.17) is 0 Å². The fourth-order valence-electron chi connectivity index (χ4n) is 4.56. The van der Waals surface area contributed by atoms with Crippen LogP contribution < -0.4 is 0 Å². The third kappa shape index (κ3) is 5.16. The molecule has 0 unspecified atom stereocenters. The minimum absolute atomic E-state index is 0.107. The van der Waals surface area contributed by atoms with E-state index in [0.717, 1.165) is 18.6 Å². The molecule has 11 heteroatoms. The zero-order valence-corrected chi connectivity index (χ0v) is 19.2. The van der Waals surface area contributed by atoms with Crippen LogP contribution in [0.4, 0.5) is 26.3 Å². The van der Waals surface area contributed by atoms with Gasteiger partial charge in [0.25, 0.3) is 5.91 Å². The summed E-state index contributed by atoms with van der Waals surface area (Å²) in [5.41, 5.74) is 1.09. The third-order valence-corrected chi connectivity index (χ3v) is 6.38. The van der Waals surface area contributed by atoms with Crippen LogP contribution in [0.1, 0.15) is 46.2 Å². The highest BCUT2D eigenvalue weighted by molar-refractivity contribution is 5.97. The lowest BCUT2D eigenvalue weighted by Crippen LogP contribution is -2.39. The Morgan fingerprint density at radius 2 is 1.70 bits per heavy atom. The predicted molar refractivity (Wildman–Crippen MR) is 124 cm³/mol. The molecule has 1 N–H and O–H groups in total. The van der Waals surface area contributed by atoms with Crippen molar-refractivity contribution < 1.29 is 31.1 Å². The first kappa shape index (κ1) is 24.8. The Hall–Kier alpha value is -3.89. The molecule has 2 aromatic carbocycles. The first-order valence-electron chi connectivity index (χ1n) is 11.5. The number of H-pyrrole nitrogens is 1. The maximum atomic E-state index is 13.2. The van der Waals surface area contributed by atoms with Crippen molar-refractivity contribution in [3.63, 3.8) is 0 Å². The molecule has 1 atom stereocenters. The highest BCUT2D eigenvalue weighted by Crippen LogP contribution is 2.33. The molecule has 0 radical (unpaired) electrons. The lowest BCUT2D eigenvalue weighted by Gasteiger charge is -2.32. The summed E-state index contributed by atoms with van der Waals surface area (Å²) < 4.78 is 78.3. The number of likely N-dealkylation sites (tertiary alicyclic amines) is 1. The summed E-state index contributed by atoms with van der Waals surface area (Å²) in [5.74, 6) is -1.60. The molecule has 1 amide bonds. The van der Waals surface area contributed by atoms with Crippen molar-refractivity contribution >= 4 is 16.9 Å². The zero-order chi connectivity index (χ0) is 26.4. The van der Waals surface area contributed by atoms with Crippen LogP contribution in [0.3, 0.4) is 0 Å². The fraction of sp³-hybridized carbons (Fsp3) is 0.269. The van der Waals surface area contributed by atoms with Crippen LogP contribution in [-0.4, -0.2) is 38.8 Å². The number of aromatic nitrogens is 3. The summed E-state index contributed by atoms with van der Waals surface area (Å²) in [6.07, 6.45) is -7.68. The van der Waals surface area contributed by atoms with Gasteiger partial charge in [-0.2, -0.15) is 26.3 Å². The van der Waals surface area contributed by atoms with Crippen LogP contribution in [0, 0.1) is 0 Å². The Morgan fingerprint density at radius 1 is 0.919 bits per heavy atom. The van der Waals surface area contributed by atoms with Gasteiger partial charge >= 0.3 is 12.4 Å². The number of amides is 1. The van der Waals surface area contributed by atoms with Crippen molar-refractivity contribution in [2.75, 3.05) is 13.1 Å². The van der Waals surface area contributed by atoms with E-state index >= 15 is 0 Å². The molecule has 0 aliphatic carbocycles. The van der Waals surface area contributed by atoms with E-state index in [1.54, 1.807) is 29.2 Å². The Bertz CT molecular complexity index is 1460. The number of fused-ring (bicyclic) bond motifs is 1. The molecular weight excluding hydrogens is 498 g/mol. The Morgan fingerprint density at radius 3 is 2.46 bits per heavy atom. The van der Waals surface area contributed by atoms with Crippen molar-refractivity contribution in [2.24, 2.45) is 0 Å². The fourth-order valence-corrected chi connectivity index (χ4v) is 4.56. The van der Waals surface area contributed by atoms with Crippen molar-refractivity contribution in [2.45, 2.75) is 31.1 Å². The molecule has 192 valence electrons. The average Bonchev–Trinajstić information content (AvgIpc) is 3.32. The SMILES string of the molecule is O=C(c1ccc2nc(C(F)(F)F)[nH]c2c1)N1CCC[C@@H](c2cccc(-c3cccc(C(F)(F)F)c3)n2)C1. The van der Waals surface area contributed by atoms with Crippen LogP contribution in [0.5, 0.6) is 0 Å². The minimum atomic E-state index is -4.63. The Kier molecular flexibility index (Phi) is 6.17. The normalized spacial score (nSPS) is 16.8. The van der Waals surface area contributed by atoms with E-state index in [1.165, 1.54) is 24.3 Å². The van der Waals surface area contributed by atoms with E-state index in [2.05, 4.69) is 15.0 Å². The standard InChI is InChI=1S/C26H20F6N4O/c27-25(28,29)18-6-1-4-15(12-18)19-7-2-8-20(33-19)17-5-3-11-36(14-17)23(37)16-9-10-21-22(13-16)35-24(34-21)26(30,31)32/h1-2,4,6-10,12-13,17H,3,5,11,14H2,(H,34,35)/t17-/m1/s1. The third-order valence-electron chi connectivity index (χ3n) is 6.38. The number of aromatic amines is 1. The number of carbonyl (C=O) groups excluding carboxylic acids is 1. The molecule has 2 aromatic heterocycles. The number of rotatable bonds is 3. The number of imidazole rings is 1. The molecular formula is C26H20F6N4O. The van der Waals surface area contributed by atoms with Gasteiger partial charge in [-0.05, 0) is 55.3 Å². The summed E-state index contributed by atoms with van der Waals surface area (Å²) in [7, 11) is 0. The maximum absolute atomic E-state index is 13.2. The van der Waals surface area contributed by atoms with E-state index in [-0.39, 0.29) is 28.4 Å². The number of halogens is 6. The predicted octanol–water partition coefficient (Wildman–Crippen LogP) is 6.68. The van der Waals surface area contributed by atoms with Crippen molar-refractivity contribution in [1.82, 2.24) is 19.9 Å². The molecule has 4 aromatic rings. The van der Waals surface area contributed by atoms with Gasteiger partial charge in [0.2, 0.25) is 5.82 Å². The number of piperidine rings is 1. The van der Waals surface area contributed by atoms with Crippen LogP contribution in [-0.2, 0) is 12.4 Å². The summed E-state index contributed by atoms with van der Waals surface area (Å²) in [6.45, 7) is 0.796. The van der Waals surface area contributed by atoms with Gasteiger partial charge in [0.15, 0.2) is 0 Å². The number of nitrogens with zero attached hydrogens (tertiary/aromatic N) is 3. The van der Waals surface area contributed by atoms with E-state index in [1.807, 2.05) is 0 Å². The second kappa shape index (κ2) is 9.20. The van der Waals surface area contributed by atoms with Gasteiger partial charge in [-0.15, -0.1) is 0 Å². The van der Waals surface area contributed by atoms with E-state index < -0.39 is 23.7 Å². The number of pyridine rings is 1. The lowest BCUT2D eigenvalue weighted by molar-refractivity contribution is -0.144. The van der Waals surface area contributed by atoms with Crippen molar-refractivity contribution in [1.29, 1.82) is 0 Å². The summed E-state index contributed by atoms with van der Waals surface area (Å²) in [6, 6.07) is 14.3. The van der Waals surface area contributed by atoms with Gasteiger partial charge in [0.1, 0.15) is 0 Å². The van der Waals surface area contributed by atoms with Crippen molar-refractivity contribution in [3.05, 3.63) is 83.3 Å². The Labute approximate surface area is 207 Å². The molecule has 1 fully saturated rings. The molecule has 0 bridgehead atoms. The summed E-state index contributed by atoms with van der Waals surface area (Å²) >= 11 is 0. The molecule has 1 aliphatic rings. The molecule has 3 heterocycles. The Balaban J connectivity index is 1.36. The largest absolute Gasteiger partial charge is 0.449 e. The van der Waals surface area contributed by atoms with Crippen LogP contribution in [0.2, 0.25) is 0 Å². The van der Waals surface area contributed by atoms with Crippen LogP contribution in [0.25, 0.3) is 22.3 Å². The van der Waals surface area contributed by atoms with Crippen LogP contribution >= 0.6 is 0 Å².